The summed E-state index contributed by atoms with van der Waals surface area (Å²) < 4.78 is 11.9. The molecule has 0 radical (unpaired) electrons. The highest BCUT2D eigenvalue weighted by Crippen LogP contribution is 2.42. The first-order valence-corrected chi connectivity index (χ1v) is 10.2. The van der Waals surface area contributed by atoms with E-state index in [1.54, 1.807) is 23.5 Å². The van der Waals surface area contributed by atoms with Crippen molar-refractivity contribution >= 4 is 34.8 Å². The highest BCUT2D eigenvalue weighted by molar-refractivity contribution is 7.10. The van der Waals surface area contributed by atoms with E-state index in [1.165, 1.54) is 0 Å². The van der Waals surface area contributed by atoms with E-state index in [0.29, 0.717) is 30.3 Å². The number of allylic oxidation sites excluding steroid dienone is 1. The van der Waals surface area contributed by atoms with Gasteiger partial charge < -0.3 is 9.47 Å². The molecule has 2 aliphatic rings. The minimum Gasteiger partial charge on any atom is -0.478 e. The van der Waals surface area contributed by atoms with E-state index < -0.39 is 0 Å². The third kappa shape index (κ3) is 3.22. The van der Waals surface area contributed by atoms with Gasteiger partial charge in [-0.1, -0.05) is 29.8 Å². The van der Waals surface area contributed by atoms with Crippen molar-refractivity contribution in [2.75, 3.05) is 6.73 Å². The molecular formula is C22H16ClNO3S. The molecule has 0 atom stereocenters. The number of ether oxygens (including phenoxy) is 2. The van der Waals surface area contributed by atoms with Gasteiger partial charge in [0.1, 0.15) is 18.2 Å². The molecule has 0 saturated heterocycles. The second-order valence-electron chi connectivity index (χ2n) is 6.76. The SMILES string of the molecule is O=C1/C(=C/c2cccs2)Oc2c1ccc1c2CN(Cc2ccc(Cl)cc2)CO1. The fourth-order valence-corrected chi connectivity index (χ4v) is 4.23. The number of nitrogens with zero attached hydrogens (tertiary/aromatic N) is 1. The molecule has 0 aliphatic carbocycles. The van der Waals surface area contributed by atoms with Crippen molar-refractivity contribution in [3.05, 3.63) is 86.3 Å². The number of rotatable bonds is 3. The highest BCUT2D eigenvalue weighted by Gasteiger charge is 2.33. The van der Waals surface area contributed by atoms with Gasteiger partial charge in [0, 0.05) is 29.1 Å². The van der Waals surface area contributed by atoms with Gasteiger partial charge in [0.2, 0.25) is 5.78 Å². The third-order valence-corrected chi connectivity index (χ3v) is 5.89. The Morgan fingerprint density at radius 2 is 2.00 bits per heavy atom. The maximum absolute atomic E-state index is 12.8. The van der Waals surface area contributed by atoms with Crippen molar-refractivity contribution < 1.29 is 14.3 Å². The maximum Gasteiger partial charge on any atom is 0.232 e. The summed E-state index contributed by atoms with van der Waals surface area (Å²) in [5.74, 6) is 1.67. The molecule has 4 nitrogen and oxygen atoms in total. The average molecular weight is 410 g/mol. The number of halogens is 1. The molecule has 0 bridgehead atoms. The number of fused-ring (bicyclic) bond motifs is 3. The number of hydrogen-bond acceptors (Lipinski definition) is 5. The van der Waals surface area contributed by atoms with Crippen molar-refractivity contribution in [1.82, 2.24) is 4.90 Å². The first-order chi connectivity index (χ1) is 13.7. The smallest absolute Gasteiger partial charge is 0.232 e. The van der Waals surface area contributed by atoms with Crippen LogP contribution in [0.15, 0.2) is 59.7 Å². The van der Waals surface area contributed by atoms with Gasteiger partial charge in [-0.2, -0.15) is 0 Å². The molecule has 0 spiro atoms. The van der Waals surface area contributed by atoms with E-state index in [4.69, 9.17) is 21.1 Å². The van der Waals surface area contributed by atoms with Crippen molar-refractivity contribution in [3.8, 4) is 11.5 Å². The molecule has 2 aromatic carbocycles. The molecule has 3 heterocycles. The lowest BCUT2D eigenvalue weighted by Crippen LogP contribution is -2.31. The Morgan fingerprint density at radius 3 is 2.79 bits per heavy atom. The van der Waals surface area contributed by atoms with Crippen LogP contribution >= 0.6 is 22.9 Å². The zero-order chi connectivity index (χ0) is 19.1. The monoisotopic (exact) mass is 409 g/mol. The molecule has 5 rings (SSSR count). The Kier molecular flexibility index (Phi) is 4.43. The first kappa shape index (κ1) is 17.5. The van der Waals surface area contributed by atoms with Crippen LogP contribution in [0, 0.1) is 0 Å². The molecule has 28 heavy (non-hydrogen) atoms. The summed E-state index contributed by atoms with van der Waals surface area (Å²) in [7, 11) is 0. The van der Waals surface area contributed by atoms with Crippen molar-refractivity contribution in [2.45, 2.75) is 13.1 Å². The lowest BCUT2D eigenvalue weighted by atomic mass is 10.0. The predicted octanol–water partition coefficient (Wildman–Crippen LogP) is 5.37. The number of thiophene rings is 1. The van der Waals surface area contributed by atoms with Crippen molar-refractivity contribution in [3.63, 3.8) is 0 Å². The second-order valence-corrected chi connectivity index (χ2v) is 8.18. The zero-order valence-electron chi connectivity index (χ0n) is 14.9. The number of benzene rings is 2. The molecule has 2 aliphatic heterocycles. The predicted molar refractivity (Wildman–Crippen MR) is 110 cm³/mol. The first-order valence-electron chi connectivity index (χ1n) is 8.90. The Hall–Kier alpha value is -2.60. The van der Waals surface area contributed by atoms with Crippen molar-refractivity contribution in [2.24, 2.45) is 0 Å². The van der Waals surface area contributed by atoms with Gasteiger partial charge in [-0.15, -0.1) is 11.3 Å². The molecule has 0 amide bonds. The van der Waals surface area contributed by atoms with Crippen LogP contribution in [0.1, 0.15) is 26.4 Å². The van der Waals surface area contributed by atoms with Gasteiger partial charge in [0.05, 0.1) is 11.1 Å². The lowest BCUT2D eigenvalue weighted by Gasteiger charge is -2.29. The summed E-state index contributed by atoms with van der Waals surface area (Å²) >= 11 is 7.54. The number of carbonyl (C=O) groups is 1. The zero-order valence-corrected chi connectivity index (χ0v) is 16.4. The minimum atomic E-state index is -0.0824. The lowest BCUT2D eigenvalue weighted by molar-refractivity contribution is 0.0873. The van der Waals surface area contributed by atoms with Gasteiger partial charge in [-0.05, 0) is 41.3 Å². The largest absolute Gasteiger partial charge is 0.478 e. The van der Waals surface area contributed by atoms with Crippen LogP contribution in [-0.2, 0) is 13.1 Å². The van der Waals surface area contributed by atoms with Gasteiger partial charge in [0.15, 0.2) is 5.76 Å². The van der Waals surface area contributed by atoms with E-state index in [2.05, 4.69) is 4.90 Å². The Morgan fingerprint density at radius 1 is 1.14 bits per heavy atom. The minimum absolute atomic E-state index is 0.0824. The summed E-state index contributed by atoms with van der Waals surface area (Å²) in [4.78, 5) is 15.9. The third-order valence-electron chi connectivity index (χ3n) is 4.82. The molecule has 6 heteroatoms. The fourth-order valence-electron chi connectivity index (χ4n) is 3.46. The van der Waals surface area contributed by atoms with Crippen LogP contribution in [0.25, 0.3) is 6.08 Å². The van der Waals surface area contributed by atoms with E-state index >= 15 is 0 Å². The van der Waals surface area contributed by atoms with Gasteiger partial charge in [-0.25, -0.2) is 0 Å². The summed E-state index contributed by atoms with van der Waals surface area (Å²) in [6.45, 7) is 1.87. The Bertz CT molecular complexity index is 1070. The molecule has 0 saturated carbocycles. The second kappa shape index (κ2) is 7.09. The van der Waals surface area contributed by atoms with Crippen LogP contribution in [0.3, 0.4) is 0 Å². The van der Waals surface area contributed by atoms with Crippen LogP contribution in [0.5, 0.6) is 11.5 Å². The number of ketones is 1. The summed E-state index contributed by atoms with van der Waals surface area (Å²) in [5, 5.41) is 2.70. The van der Waals surface area contributed by atoms with Gasteiger partial charge >= 0.3 is 0 Å². The molecule has 0 fully saturated rings. The van der Waals surface area contributed by atoms with E-state index in [9.17, 15) is 4.79 Å². The van der Waals surface area contributed by atoms with Crippen LogP contribution < -0.4 is 9.47 Å². The van der Waals surface area contributed by atoms with Crippen molar-refractivity contribution in [1.29, 1.82) is 0 Å². The summed E-state index contributed by atoms with van der Waals surface area (Å²) in [6.07, 6.45) is 1.80. The van der Waals surface area contributed by atoms with E-state index in [0.717, 1.165) is 33.3 Å². The number of Topliss-reactive ketones (excluding diaryl/α,β-unsaturated/α-hetero) is 1. The summed E-state index contributed by atoms with van der Waals surface area (Å²) in [5.41, 5.74) is 2.67. The van der Waals surface area contributed by atoms with E-state index in [1.807, 2.05) is 47.8 Å². The topological polar surface area (TPSA) is 38.8 Å². The standard InChI is InChI=1S/C22H16ClNO3S/c23-15-5-3-14(4-6-15)11-24-12-18-19(26-13-24)8-7-17-21(25)20(27-22(17)18)10-16-2-1-9-28-16/h1-10H,11-13H2/b20-10-. The number of carbonyl (C=O) groups excluding carboxylic acids is 1. The van der Waals surface area contributed by atoms with Crippen LogP contribution in [0.4, 0.5) is 0 Å². The number of hydrogen-bond donors (Lipinski definition) is 0. The molecule has 140 valence electrons. The molecular weight excluding hydrogens is 394 g/mol. The molecule has 0 N–H and O–H groups in total. The fraction of sp³-hybridized carbons (Fsp3) is 0.136. The average Bonchev–Trinajstić information content (AvgIpc) is 3.33. The Balaban J connectivity index is 1.42. The normalized spacial score (nSPS) is 17.2. The van der Waals surface area contributed by atoms with Gasteiger partial charge in [-0.3, -0.25) is 9.69 Å². The van der Waals surface area contributed by atoms with Gasteiger partial charge in [0.25, 0.3) is 0 Å². The highest BCUT2D eigenvalue weighted by atomic mass is 35.5. The Labute approximate surface area is 171 Å². The van der Waals surface area contributed by atoms with Crippen LogP contribution in [0.2, 0.25) is 5.02 Å². The molecule has 0 unspecified atom stereocenters. The van der Waals surface area contributed by atoms with Crippen LogP contribution in [-0.4, -0.2) is 17.4 Å². The molecule has 3 aromatic rings. The molecule has 1 aromatic heterocycles. The maximum atomic E-state index is 12.8. The van der Waals surface area contributed by atoms with E-state index in [-0.39, 0.29) is 5.78 Å². The quantitative estimate of drug-likeness (QED) is 0.545. The summed E-state index contributed by atoms with van der Waals surface area (Å²) in [6, 6.07) is 15.4.